The first kappa shape index (κ1) is 14.4. The van der Waals surface area contributed by atoms with E-state index in [9.17, 15) is 4.39 Å². The smallest absolute Gasteiger partial charge is 0.231 e. The van der Waals surface area contributed by atoms with E-state index in [0.29, 0.717) is 0 Å². The van der Waals surface area contributed by atoms with E-state index in [1.807, 2.05) is 18.2 Å². The molecule has 2 aromatic rings. The van der Waals surface area contributed by atoms with Crippen molar-refractivity contribution in [1.29, 1.82) is 0 Å². The highest BCUT2D eigenvalue weighted by molar-refractivity contribution is 9.10. The first-order chi connectivity index (χ1) is 10.2. The highest BCUT2D eigenvalue weighted by atomic mass is 79.9. The van der Waals surface area contributed by atoms with E-state index in [2.05, 4.69) is 21.2 Å². The fourth-order valence-electron chi connectivity index (χ4n) is 2.28. The first-order valence-corrected chi connectivity index (χ1v) is 7.55. The molecule has 3 rings (SSSR count). The number of hydrogen-bond donors (Lipinski definition) is 1. The van der Waals surface area contributed by atoms with Crippen LogP contribution in [0.2, 0.25) is 0 Å². The van der Waals surface area contributed by atoms with E-state index in [4.69, 9.17) is 9.47 Å². The van der Waals surface area contributed by atoms with Crippen LogP contribution < -0.4 is 14.8 Å². The zero-order valence-electron chi connectivity index (χ0n) is 11.4. The SMILES string of the molecule is Fc1cccc(CCNCc2cc(Br)c3c(c2)OCO3)c1. The van der Waals surface area contributed by atoms with Gasteiger partial charge in [0.05, 0.1) is 4.47 Å². The normalized spacial score (nSPS) is 12.7. The van der Waals surface area contributed by atoms with Gasteiger partial charge in [-0.05, 0) is 64.3 Å². The lowest BCUT2D eigenvalue weighted by Gasteiger charge is -2.07. The van der Waals surface area contributed by atoms with E-state index in [0.717, 1.165) is 46.6 Å². The van der Waals surface area contributed by atoms with Crippen molar-refractivity contribution in [3.05, 3.63) is 57.8 Å². The molecule has 0 radical (unpaired) electrons. The quantitative estimate of drug-likeness (QED) is 0.834. The third kappa shape index (κ3) is 3.54. The van der Waals surface area contributed by atoms with Crippen molar-refractivity contribution in [2.24, 2.45) is 0 Å². The summed E-state index contributed by atoms with van der Waals surface area (Å²) in [6.07, 6.45) is 0.795. The van der Waals surface area contributed by atoms with Crippen LogP contribution in [0.3, 0.4) is 0 Å². The summed E-state index contributed by atoms with van der Waals surface area (Å²) in [4.78, 5) is 0. The Morgan fingerprint density at radius 2 is 2.05 bits per heavy atom. The molecule has 0 saturated heterocycles. The van der Waals surface area contributed by atoms with Crippen LogP contribution in [0, 0.1) is 5.82 Å². The van der Waals surface area contributed by atoms with Crippen LogP contribution in [0.25, 0.3) is 0 Å². The maximum Gasteiger partial charge on any atom is 0.231 e. The zero-order chi connectivity index (χ0) is 14.7. The van der Waals surface area contributed by atoms with Gasteiger partial charge >= 0.3 is 0 Å². The van der Waals surface area contributed by atoms with E-state index in [1.165, 1.54) is 6.07 Å². The van der Waals surface area contributed by atoms with Gasteiger partial charge in [0.15, 0.2) is 11.5 Å². The van der Waals surface area contributed by atoms with Gasteiger partial charge in [0, 0.05) is 6.54 Å². The Bertz CT molecular complexity index is 648. The molecule has 1 N–H and O–H groups in total. The number of hydrogen-bond acceptors (Lipinski definition) is 3. The van der Waals surface area contributed by atoms with E-state index >= 15 is 0 Å². The van der Waals surface area contributed by atoms with Gasteiger partial charge in [0.1, 0.15) is 5.82 Å². The predicted octanol–water partition coefficient (Wildman–Crippen LogP) is 3.65. The molecule has 1 heterocycles. The van der Waals surface area contributed by atoms with Crippen LogP contribution in [-0.2, 0) is 13.0 Å². The molecule has 1 aliphatic heterocycles. The van der Waals surface area contributed by atoms with Gasteiger partial charge < -0.3 is 14.8 Å². The van der Waals surface area contributed by atoms with Gasteiger partial charge in [0.2, 0.25) is 6.79 Å². The molecule has 0 atom stereocenters. The molecule has 21 heavy (non-hydrogen) atoms. The van der Waals surface area contributed by atoms with Gasteiger partial charge in [-0.15, -0.1) is 0 Å². The van der Waals surface area contributed by atoms with Crippen molar-refractivity contribution in [3.63, 3.8) is 0 Å². The molecule has 5 heteroatoms. The van der Waals surface area contributed by atoms with Gasteiger partial charge in [-0.1, -0.05) is 12.1 Å². The number of ether oxygens (including phenoxy) is 2. The fourth-order valence-corrected chi connectivity index (χ4v) is 2.88. The fraction of sp³-hybridized carbons (Fsp3) is 0.250. The Hall–Kier alpha value is -1.59. The number of nitrogens with one attached hydrogen (secondary N) is 1. The van der Waals surface area contributed by atoms with Crippen LogP contribution >= 0.6 is 15.9 Å². The summed E-state index contributed by atoms with van der Waals surface area (Å²) in [5.41, 5.74) is 2.11. The predicted molar refractivity (Wildman–Crippen MR) is 82.1 cm³/mol. The molecule has 0 unspecified atom stereocenters. The molecule has 0 spiro atoms. The molecular weight excluding hydrogens is 337 g/mol. The number of rotatable bonds is 5. The van der Waals surface area contributed by atoms with Gasteiger partial charge in [-0.25, -0.2) is 4.39 Å². The Balaban J connectivity index is 1.53. The topological polar surface area (TPSA) is 30.5 Å². The van der Waals surface area contributed by atoms with Crippen LogP contribution in [0.4, 0.5) is 4.39 Å². The molecule has 0 aromatic heterocycles. The highest BCUT2D eigenvalue weighted by Gasteiger charge is 2.17. The van der Waals surface area contributed by atoms with Crippen molar-refractivity contribution < 1.29 is 13.9 Å². The van der Waals surface area contributed by atoms with Crippen LogP contribution in [0.1, 0.15) is 11.1 Å². The standard InChI is InChI=1S/C16H15BrFNO2/c17-14-7-12(8-15-16(14)21-10-20-15)9-19-5-4-11-2-1-3-13(18)6-11/h1-3,6-8,19H,4-5,9-10H2. The van der Waals surface area contributed by atoms with E-state index in [-0.39, 0.29) is 12.6 Å². The van der Waals surface area contributed by atoms with Crippen molar-refractivity contribution in [2.45, 2.75) is 13.0 Å². The van der Waals surface area contributed by atoms with Crippen LogP contribution in [-0.4, -0.2) is 13.3 Å². The van der Waals surface area contributed by atoms with Gasteiger partial charge in [0.25, 0.3) is 0 Å². The van der Waals surface area contributed by atoms with Crippen molar-refractivity contribution in [3.8, 4) is 11.5 Å². The second-order valence-corrected chi connectivity index (χ2v) is 5.72. The van der Waals surface area contributed by atoms with Crippen LogP contribution in [0.15, 0.2) is 40.9 Å². The Kier molecular flexibility index (Phi) is 4.41. The molecular formula is C16H15BrFNO2. The molecule has 3 nitrogen and oxygen atoms in total. The lowest BCUT2D eigenvalue weighted by atomic mass is 10.1. The van der Waals surface area contributed by atoms with Crippen molar-refractivity contribution in [1.82, 2.24) is 5.32 Å². The highest BCUT2D eigenvalue weighted by Crippen LogP contribution is 2.39. The molecule has 0 bridgehead atoms. The summed E-state index contributed by atoms with van der Waals surface area (Å²) in [7, 11) is 0. The van der Waals surface area contributed by atoms with Gasteiger partial charge in [-0.3, -0.25) is 0 Å². The Morgan fingerprint density at radius 3 is 2.90 bits per heavy atom. The molecule has 0 fully saturated rings. The third-order valence-corrected chi connectivity index (χ3v) is 3.88. The average Bonchev–Trinajstić information content (AvgIpc) is 2.93. The Labute approximate surface area is 131 Å². The summed E-state index contributed by atoms with van der Waals surface area (Å²) < 4.78 is 24.7. The lowest BCUT2D eigenvalue weighted by molar-refractivity contribution is 0.173. The molecule has 1 aliphatic rings. The van der Waals surface area contributed by atoms with Crippen molar-refractivity contribution >= 4 is 15.9 Å². The van der Waals surface area contributed by atoms with Gasteiger partial charge in [-0.2, -0.15) is 0 Å². The first-order valence-electron chi connectivity index (χ1n) is 6.75. The summed E-state index contributed by atoms with van der Waals surface area (Å²) in [6.45, 7) is 1.78. The second-order valence-electron chi connectivity index (χ2n) is 4.87. The molecule has 0 saturated carbocycles. The summed E-state index contributed by atoms with van der Waals surface area (Å²) in [5.74, 6) is 1.34. The maximum absolute atomic E-state index is 13.1. The summed E-state index contributed by atoms with van der Waals surface area (Å²) in [6, 6.07) is 10.7. The molecule has 0 aliphatic carbocycles. The minimum absolute atomic E-state index is 0.188. The van der Waals surface area contributed by atoms with E-state index in [1.54, 1.807) is 12.1 Å². The minimum atomic E-state index is -0.188. The van der Waals surface area contributed by atoms with E-state index < -0.39 is 0 Å². The average molecular weight is 352 g/mol. The minimum Gasteiger partial charge on any atom is -0.454 e. The van der Waals surface area contributed by atoms with Crippen LogP contribution in [0.5, 0.6) is 11.5 Å². The number of halogens is 2. The number of fused-ring (bicyclic) bond motifs is 1. The summed E-state index contributed by atoms with van der Waals surface area (Å²) >= 11 is 3.48. The lowest BCUT2D eigenvalue weighted by Crippen LogP contribution is -2.16. The summed E-state index contributed by atoms with van der Waals surface area (Å²) in [5, 5.41) is 3.35. The third-order valence-electron chi connectivity index (χ3n) is 3.30. The Morgan fingerprint density at radius 1 is 1.14 bits per heavy atom. The zero-order valence-corrected chi connectivity index (χ0v) is 13.0. The molecule has 2 aromatic carbocycles. The largest absolute Gasteiger partial charge is 0.454 e. The molecule has 0 amide bonds. The molecule has 110 valence electrons. The monoisotopic (exact) mass is 351 g/mol. The second kappa shape index (κ2) is 6.45. The number of benzene rings is 2. The maximum atomic E-state index is 13.1. The van der Waals surface area contributed by atoms with Crippen molar-refractivity contribution in [2.75, 3.05) is 13.3 Å².